The molecular weight excluding hydrogens is 280 g/mol. The minimum absolute atomic E-state index is 0.0598. The third kappa shape index (κ3) is 2.35. The summed E-state index contributed by atoms with van der Waals surface area (Å²) in [5, 5.41) is 24.6. The first-order valence-corrected chi connectivity index (χ1v) is 7.29. The second-order valence-corrected chi connectivity index (χ2v) is 5.59. The molecule has 0 spiro atoms. The zero-order valence-corrected chi connectivity index (χ0v) is 12.3. The number of fused-ring (bicyclic) bond motifs is 1. The minimum atomic E-state index is -0.397. The van der Waals surface area contributed by atoms with Gasteiger partial charge in [-0.1, -0.05) is 12.1 Å². The van der Waals surface area contributed by atoms with Crippen molar-refractivity contribution in [2.75, 3.05) is 0 Å². The van der Waals surface area contributed by atoms with Crippen molar-refractivity contribution in [1.29, 1.82) is 5.26 Å². The van der Waals surface area contributed by atoms with Crippen molar-refractivity contribution in [2.45, 2.75) is 31.6 Å². The van der Waals surface area contributed by atoms with Gasteiger partial charge in [0.05, 0.1) is 16.7 Å². The Morgan fingerprint density at radius 1 is 1.55 bits per heavy atom. The van der Waals surface area contributed by atoms with E-state index in [1.54, 1.807) is 12.1 Å². The molecular formula is C16H16N4O2. The highest BCUT2D eigenvalue weighted by molar-refractivity contribution is 5.68. The van der Waals surface area contributed by atoms with Crippen molar-refractivity contribution < 1.29 is 4.92 Å². The van der Waals surface area contributed by atoms with Crippen LogP contribution in [-0.2, 0) is 13.5 Å². The van der Waals surface area contributed by atoms with Crippen molar-refractivity contribution in [3.63, 3.8) is 0 Å². The molecule has 6 heteroatoms. The summed E-state index contributed by atoms with van der Waals surface area (Å²) < 4.78 is 1.85. The fraction of sp³-hybridized carbons (Fsp3) is 0.375. The average Bonchev–Trinajstić information content (AvgIpc) is 2.86. The maximum atomic E-state index is 11.0. The monoisotopic (exact) mass is 296 g/mol. The Hall–Kier alpha value is -2.68. The van der Waals surface area contributed by atoms with Crippen LogP contribution >= 0.6 is 0 Å². The maximum absolute atomic E-state index is 11.0. The number of nitro benzene ring substituents is 1. The molecule has 0 N–H and O–H groups in total. The summed E-state index contributed by atoms with van der Waals surface area (Å²) >= 11 is 0. The Bertz CT molecular complexity index is 773. The number of nitro groups is 1. The second-order valence-electron chi connectivity index (χ2n) is 5.59. The van der Waals surface area contributed by atoms with Gasteiger partial charge in [-0.05, 0) is 19.3 Å². The van der Waals surface area contributed by atoms with E-state index in [1.807, 2.05) is 17.8 Å². The molecule has 0 fully saturated rings. The number of rotatable bonds is 3. The molecule has 1 aliphatic carbocycles. The van der Waals surface area contributed by atoms with Gasteiger partial charge in [0.1, 0.15) is 0 Å². The summed E-state index contributed by atoms with van der Waals surface area (Å²) in [4.78, 5) is 10.6. The normalized spacial score (nSPS) is 16.8. The third-order valence-corrected chi connectivity index (χ3v) is 4.25. The van der Waals surface area contributed by atoms with Crippen LogP contribution in [0.2, 0.25) is 0 Å². The summed E-state index contributed by atoms with van der Waals surface area (Å²) in [6.45, 7) is 0. The number of hydrogen-bond acceptors (Lipinski definition) is 4. The van der Waals surface area contributed by atoms with Gasteiger partial charge in [0.15, 0.2) is 0 Å². The topological polar surface area (TPSA) is 84.8 Å². The number of nitrogens with zero attached hydrogens (tertiary/aromatic N) is 4. The lowest BCUT2D eigenvalue weighted by Crippen LogP contribution is -2.11. The van der Waals surface area contributed by atoms with E-state index in [2.05, 4.69) is 11.2 Å². The SMILES string of the molecule is Cn1nc(-c2cccc([N+](=O)[O-])c2)c2c1CCCC2CC#N. The summed E-state index contributed by atoms with van der Waals surface area (Å²) in [5.74, 6) is 0.164. The molecule has 112 valence electrons. The van der Waals surface area contributed by atoms with Gasteiger partial charge in [0.25, 0.3) is 5.69 Å². The van der Waals surface area contributed by atoms with E-state index in [9.17, 15) is 10.1 Å². The van der Waals surface area contributed by atoms with Gasteiger partial charge in [0.2, 0.25) is 0 Å². The highest BCUT2D eigenvalue weighted by Gasteiger charge is 2.28. The number of non-ortho nitro benzene ring substituents is 1. The fourth-order valence-electron chi connectivity index (χ4n) is 3.26. The lowest BCUT2D eigenvalue weighted by atomic mass is 9.82. The van der Waals surface area contributed by atoms with Crippen LogP contribution in [0.25, 0.3) is 11.3 Å². The van der Waals surface area contributed by atoms with Crippen molar-refractivity contribution in [2.24, 2.45) is 7.05 Å². The first-order valence-electron chi connectivity index (χ1n) is 7.29. The molecule has 2 aromatic rings. The number of nitriles is 1. The molecule has 22 heavy (non-hydrogen) atoms. The van der Waals surface area contributed by atoms with Gasteiger partial charge in [-0.2, -0.15) is 10.4 Å². The quantitative estimate of drug-likeness (QED) is 0.642. The third-order valence-electron chi connectivity index (χ3n) is 4.25. The van der Waals surface area contributed by atoms with E-state index in [4.69, 9.17) is 5.26 Å². The second kappa shape index (κ2) is 5.60. The molecule has 0 radical (unpaired) electrons. The van der Waals surface area contributed by atoms with Crippen molar-refractivity contribution in [3.8, 4) is 17.3 Å². The Balaban J connectivity index is 2.14. The largest absolute Gasteiger partial charge is 0.272 e. The van der Waals surface area contributed by atoms with Crippen molar-refractivity contribution in [3.05, 3.63) is 45.6 Å². The maximum Gasteiger partial charge on any atom is 0.270 e. The van der Waals surface area contributed by atoms with E-state index in [1.165, 1.54) is 6.07 Å². The molecule has 1 aromatic carbocycles. The molecule has 1 heterocycles. The summed E-state index contributed by atoms with van der Waals surface area (Å²) in [6, 6.07) is 8.80. The van der Waals surface area contributed by atoms with Crippen molar-refractivity contribution >= 4 is 5.69 Å². The predicted octanol–water partition coefficient (Wildman–Crippen LogP) is 3.33. The molecule has 1 unspecified atom stereocenters. The van der Waals surface area contributed by atoms with E-state index >= 15 is 0 Å². The molecule has 1 aromatic heterocycles. The van der Waals surface area contributed by atoms with Gasteiger partial charge in [-0.15, -0.1) is 0 Å². The molecule has 0 saturated heterocycles. The fourth-order valence-corrected chi connectivity index (χ4v) is 3.26. The van der Waals surface area contributed by atoms with E-state index in [0.717, 1.165) is 41.8 Å². The zero-order chi connectivity index (χ0) is 15.7. The van der Waals surface area contributed by atoms with Gasteiger partial charge in [0, 0.05) is 48.3 Å². The molecule has 1 atom stereocenters. The lowest BCUT2D eigenvalue weighted by Gasteiger charge is -2.21. The van der Waals surface area contributed by atoms with Crippen LogP contribution in [0.15, 0.2) is 24.3 Å². The van der Waals surface area contributed by atoms with Crippen LogP contribution in [-0.4, -0.2) is 14.7 Å². The van der Waals surface area contributed by atoms with Crippen LogP contribution < -0.4 is 0 Å². The van der Waals surface area contributed by atoms with E-state index < -0.39 is 4.92 Å². The van der Waals surface area contributed by atoms with E-state index in [0.29, 0.717) is 6.42 Å². The predicted molar refractivity (Wildman–Crippen MR) is 81.2 cm³/mol. The van der Waals surface area contributed by atoms with Gasteiger partial charge >= 0.3 is 0 Å². The highest BCUT2D eigenvalue weighted by atomic mass is 16.6. The lowest BCUT2D eigenvalue weighted by molar-refractivity contribution is -0.384. The summed E-state index contributed by atoms with van der Waals surface area (Å²) in [6.07, 6.45) is 3.41. The molecule has 0 bridgehead atoms. The van der Waals surface area contributed by atoms with E-state index in [-0.39, 0.29) is 11.6 Å². The summed E-state index contributed by atoms with van der Waals surface area (Å²) in [7, 11) is 1.90. The van der Waals surface area contributed by atoms with Crippen LogP contribution in [0.5, 0.6) is 0 Å². The molecule has 0 amide bonds. The molecule has 3 rings (SSSR count). The zero-order valence-electron chi connectivity index (χ0n) is 12.3. The average molecular weight is 296 g/mol. The first-order chi connectivity index (χ1) is 10.6. The number of aromatic nitrogens is 2. The first kappa shape index (κ1) is 14.3. The molecule has 0 aliphatic heterocycles. The highest BCUT2D eigenvalue weighted by Crippen LogP contribution is 2.40. The standard InChI is InChI=1S/C16H16N4O2/c1-19-14-7-3-4-11(8-9-17)15(14)16(18-19)12-5-2-6-13(10-12)20(21)22/h2,5-6,10-11H,3-4,7-8H2,1H3. The Morgan fingerprint density at radius 2 is 2.36 bits per heavy atom. The Labute approximate surface area is 128 Å². The van der Waals surface area contributed by atoms with Crippen LogP contribution in [0, 0.1) is 21.4 Å². The van der Waals surface area contributed by atoms with Gasteiger partial charge in [-0.25, -0.2) is 0 Å². The summed E-state index contributed by atoms with van der Waals surface area (Å²) in [5.41, 5.74) is 3.82. The van der Waals surface area contributed by atoms with Crippen LogP contribution in [0.3, 0.4) is 0 Å². The van der Waals surface area contributed by atoms with Crippen molar-refractivity contribution in [1.82, 2.24) is 9.78 Å². The van der Waals surface area contributed by atoms with Crippen LogP contribution in [0.4, 0.5) is 5.69 Å². The number of benzene rings is 1. The van der Waals surface area contributed by atoms with Gasteiger partial charge < -0.3 is 0 Å². The number of hydrogen-bond donors (Lipinski definition) is 0. The molecule has 1 aliphatic rings. The minimum Gasteiger partial charge on any atom is -0.272 e. The van der Waals surface area contributed by atoms with Crippen LogP contribution in [0.1, 0.15) is 36.4 Å². The Morgan fingerprint density at radius 3 is 3.09 bits per heavy atom. The van der Waals surface area contributed by atoms with Gasteiger partial charge in [-0.3, -0.25) is 14.8 Å². The molecule has 0 saturated carbocycles. The Kier molecular flexibility index (Phi) is 3.63. The number of aryl methyl sites for hydroxylation is 1. The smallest absolute Gasteiger partial charge is 0.270 e. The molecule has 6 nitrogen and oxygen atoms in total.